The molecule has 3 N–H and O–H groups in total. The van der Waals surface area contributed by atoms with E-state index in [4.69, 9.17) is 17.3 Å². The van der Waals surface area contributed by atoms with Crippen LogP contribution in [-0.4, -0.2) is 9.55 Å². The van der Waals surface area contributed by atoms with Crippen LogP contribution in [-0.2, 0) is 0 Å². The number of rotatable bonds is 1. The van der Waals surface area contributed by atoms with Crippen LogP contribution < -0.4 is 11.4 Å². The lowest BCUT2D eigenvalue weighted by Crippen LogP contribution is -2.15. The van der Waals surface area contributed by atoms with Crippen LogP contribution in [0.3, 0.4) is 0 Å². The number of anilines is 1. The van der Waals surface area contributed by atoms with E-state index in [9.17, 15) is 4.79 Å². The van der Waals surface area contributed by atoms with Crippen LogP contribution in [0.5, 0.6) is 0 Å². The molecule has 0 aliphatic heterocycles. The lowest BCUT2D eigenvalue weighted by atomic mass is 10.2. The average Bonchev–Trinajstić information content (AvgIpc) is 2.56. The van der Waals surface area contributed by atoms with Crippen molar-refractivity contribution in [2.75, 3.05) is 5.73 Å². The number of nitrogens with one attached hydrogen (secondary N) is 1. The Balaban J connectivity index is 2.68. The summed E-state index contributed by atoms with van der Waals surface area (Å²) in [5.74, 6) is 0. The van der Waals surface area contributed by atoms with Crippen molar-refractivity contribution in [1.82, 2.24) is 9.55 Å². The van der Waals surface area contributed by atoms with Gasteiger partial charge in [0.15, 0.2) is 0 Å². The topological polar surface area (TPSA) is 63.8 Å². The number of H-pyrrole nitrogens is 1. The van der Waals surface area contributed by atoms with Gasteiger partial charge in [0.05, 0.1) is 11.4 Å². The SMILES string of the molecule is Nc1ccc(Cl)cc1-n1cc[nH]c1=O. The van der Waals surface area contributed by atoms with Gasteiger partial charge < -0.3 is 10.7 Å². The minimum absolute atomic E-state index is 0.237. The Labute approximate surface area is 84.9 Å². The molecule has 1 heterocycles. The van der Waals surface area contributed by atoms with E-state index >= 15 is 0 Å². The summed E-state index contributed by atoms with van der Waals surface area (Å²) in [4.78, 5) is 13.8. The van der Waals surface area contributed by atoms with Gasteiger partial charge in [-0.15, -0.1) is 0 Å². The van der Waals surface area contributed by atoms with Crippen LogP contribution in [0.2, 0.25) is 5.02 Å². The molecule has 0 amide bonds. The van der Waals surface area contributed by atoms with E-state index in [0.29, 0.717) is 16.4 Å². The fourth-order valence-corrected chi connectivity index (χ4v) is 1.40. The average molecular weight is 210 g/mol. The molecule has 1 aromatic carbocycles. The van der Waals surface area contributed by atoms with Crippen LogP contribution in [0.15, 0.2) is 35.4 Å². The molecule has 72 valence electrons. The van der Waals surface area contributed by atoms with Gasteiger partial charge in [0.25, 0.3) is 0 Å². The van der Waals surface area contributed by atoms with Crippen molar-refractivity contribution in [2.45, 2.75) is 0 Å². The molecule has 2 rings (SSSR count). The quantitative estimate of drug-likeness (QED) is 0.698. The van der Waals surface area contributed by atoms with Gasteiger partial charge in [0, 0.05) is 17.4 Å². The fraction of sp³-hybridized carbons (Fsp3) is 0. The molecule has 0 aliphatic carbocycles. The minimum atomic E-state index is -0.237. The summed E-state index contributed by atoms with van der Waals surface area (Å²) in [6, 6.07) is 4.99. The van der Waals surface area contributed by atoms with E-state index in [0.717, 1.165) is 0 Å². The Hall–Kier alpha value is -1.68. The fourth-order valence-electron chi connectivity index (χ4n) is 1.24. The van der Waals surface area contributed by atoms with Crippen molar-refractivity contribution in [1.29, 1.82) is 0 Å². The predicted molar refractivity (Wildman–Crippen MR) is 55.8 cm³/mol. The van der Waals surface area contributed by atoms with Gasteiger partial charge in [-0.05, 0) is 18.2 Å². The van der Waals surface area contributed by atoms with Gasteiger partial charge in [-0.1, -0.05) is 11.6 Å². The first kappa shape index (κ1) is 8.90. The van der Waals surface area contributed by atoms with Gasteiger partial charge in [0.1, 0.15) is 0 Å². The first-order valence-corrected chi connectivity index (χ1v) is 4.38. The lowest BCUT2D eigenvalue weighted by Gasteiger charge is -2.05. The van der Waals surface area contributed by atoms with Crippen molar-refractivity contribution in [3.05, 3.63) is 46.1 Å². The third-order valence-corrected chi connectivity index (χ3v) is 2.14. The molecular formula is C9H8ClN3O. The first-order valence-electron chi connectivity index (χ1n) is 4.00. The Morgan fingerprint density at radius 3 is 2.86 bits per heavy atom. The first-order chi connectivity index (χ1) is 6.68. The van der Waals surface area contributed by atoms with Gasteiger partial charge in [-0.25, -0.2) is 4.79 Å². The number of nitrogen functional groups attached to an aromatic ring is 1. The number of nitrogens with two attached hydrogens (primary N) is 1. The monoisotopic (exact) mass is 209 g/mol. The van der Waals surface area contributed by atoms with E-state index in [2.05, 4.69) is 4.98 Å². The molecule has 2 aromatic rings. The molecule has 1 aromatic heterocycles. The molecule has 0 fully saturated rings. The third-order valence-electron chi connectivity index (χ3n) is 1.90. The second kappa shape index (κ2) is 3.23. The molecule has 0 bridgehead atoms. The Morgan fingerprint density at radius 2 is 2.21 bits per heavy atom. The Morgan fingerprint density at radius 1 is 1.43 bits per heavy atom. The molecule has 0 radical (unpaired) electrons. The standard InChI is InChI=1S/C9H8ClN3O/c10-6-1-2-7(11)8(5-6)13-4-3-12-9(13)14/h1-5H,11H2,(H,12,14). The maximum atomic E-state index is 11.3. The zero-order chi connectivity index (χ0) is 10.1. The van der Waals surface area contributed by atoms with Gasteiger partial charge in [-0.2, -0.15) is 0 Å². The number of nitrogens with zero attached hydrogens (tertiary/aromatic N) is 1. The third kappa shape index (κ3) is 1.40. The highest BCUT2D eigenvalue weighted by Gasteiger charge is 2.04. The Kier molecular flexibility index (Phi) is 2.05. The summed E-state index contributed by atoms with van der Waals surface area (Å²) in [7, 11) is 0. The normalized spacial score (nSPS) is 10.4. The molecule has 5 heteroatoms. The van der Waals surface area contributed by atoms with Crippen molar-refractivity contribution in [2.24, 2.45) is 0 Å². The van der Waals surface area contributed by atoms with Crippen LogP contribution in [0.1, 0.15) is 0 Å². The highest BCUT2D eigenvalue weighted by molar-refractivity contribution is 6.30. The number of hydrogen-bond acceptors (Lipinski definition) is 2. The van der Waals surface area contributed by atoms with Crippen molar-refractivity contribution in [3.63, 3.8) is 0 Å². The molecule has 0 saturated carbocycles. The molecule has 0 spiro atoms. The second-order valence-electron chi connectivity index (χ2n) is 2.84. The Bertz CT molecular complexity index is 515. The number of imidazole rings is 1. The van der Waals surface area contributed by atoms with E-state index < -0.39 is 0 Å². The van der Waals surface area contributed by atoms with Gasteiger partial charge in [0.2, 0.25) is 0 Å². The van der Waals surface area contributed by atoms with Crippen molar-refractivity contribution < 1.29 is 0 Å². The number of aromatic amines is 1. The number of halogens is 1. The summed E-state index contributed by atoms with van der Waals surface area (Å²) < 4.78 is 1.40. The molecule has 0 atom stereocenters. The molecule has 0 saturated heterocycles. The summed E-state index contributed by atoms with van der Waals surface area (Å²) >= 11 is 5.80. The molecule has 0 aliphatic rings. The van der Waals surface area contributed by atoms with E-state index in [1.54, 1.807) is 30.6 Å². The summed E-state index contributed by atoms with van der Waals surface area (Å²) in [6.07, 6.45) is 3.15. The minimum Gasteiger partial charge on any atom is -0.397 e. The number of hydrogen-bond donors (Lipinski definition) is 2. The molecule has 14 heavy (non-hydrogen) atoms. The van der Waals surface area contributed by atoms with Crippen LogP contribution in [0.25, 0.3) is 5.69 Å². The summed E-state index contributed by atoms with van der Waals surface area (Å²) in [5, 5.41) is 0.544. The number of aromatic nitrogens is 2. The second-order valence-corrected chi connectivity index (χ2v) is 3.27. The van der Waals surface area contributed by atoms with E-state index in [1.165, 1.54) is 4.57 Å². The van der Waals surface area contributed by atoms with Crippen LogP contribution >= 0.6 is 11.6 Å². The van der Waals surface area contributed by atoms with Crippen molar-refractivity contribution in [3.8, 4) is 5.69 Å². The van der Waals surface area contributed by atoms with E-state index in [-0.39, 0.29) is 5.69 Å². The maximum Gasteiger partial charge on any atom is 0.330 e. The van der Waals surface area contributed by atoms with Crippen molar-refractivity contribution >= 4 is 17.3 Å². The number of benzene rings is 1. The molecule has 4 nitrogen and oxygen atoms in total. The lowest BCUT2D eigenvalue weighted by molar-refractivity contribution is 0.990. The van der Waals surface area contributed by atoms with Crippen LogP contribution in [0.4, 0.5) is 5.69 Å². The summed E-state index contributed by atoms with van der Waals surface area (Å²) in [5.41, 5.74) is 6.58. The molecule has 0 unspecified atom stereocenters. The van der Waals surface area contributed by atoms with E-state index in [1.807, 2.05) is 0 Å². The smallest absolute Gasteiger partial charge is 0.330 e. The van der Waals surface area contributed by atoms with Gasteiger partial charge in [-0.3, -0.25) is 4.57 Å². The summed E-state index contributed by atoms with van der Waals surface area (Å²) in [6.45, 7) is 0. The largest absolute Gasteiger partial charge is 0.397 e. The maximum absolute atomic E-state index is 11.3. The molecular weight excluding hydrogens is 202 g/mol. The zero-order valence-corrected chi connectivity index (χ0v) is 7.95. The predicted octanol–water partition coefficient (Wildman–Crippen LogP) is 1.40. The highest BCUT2D eigenvalue weighted by Crippen LogP contribution is 2.20. The highest BCUT2D eigenvalue weighted by atomic mass is 35.5. The van der Waals surface area contributed by atoms with Crippen LogP contribution in [0, 0.1) is 0 Å². The van der Waals surface area contributed by atoms with Gasteiger partial charge >= 0.3 is 5.69 Å². The zero-order valence-electron chi connectivity index (χ0n) is 7.20.